The van der Waals surface area contributed by atoms with Crippen molar-refractivity contribution in [1.82, 2.24) is 4.90 Å². The van der Waals surface area contributed by atoms with Gasteiger partial charge in [-0.25, -0.2) is 8.78 Å². The molecule has 3 rings (SSSR count). The first-order valence-corrected chi connectivity index (χ1v) is 8.28. The van der Waals surface area contributed by atoms with Crippen LogP contribution < -0.4 is 0 Å². The van der Waals surface area contributed by atoms with Crippen molar-refractivity contribution in [2.24, 2.45) is 11.3 Å². The van der Waals surface area contributed by atoms with E-state index in [9.17, 15) is 18.4 Å². The van der Waals surface area contributed by atoms with Crippen LogP contribution in [0.4, 0.5) is 8.78 Å². The lowest BCUT2D eigenvalue weighted by Gasteiger charge is -2.33. The Balaban J connectivity index is 1.55. The zero-order valence-electron chi connectivity index (χ0n) is 13.6. The molecule has 1 aromatic carbocycles. The maximum absolute atomic E-state index is 13.8. The highest BCUT2D eigenvalue weighted by Gasteiger charge is 2.59. The van der Waals surface area contributed by atoms with Gasteiger partial charge < -0.3 is 10.0 Å². The summed E-state index contributed by atoms with van der Waals surface area (Å²) in [6, 6.07) is 3.42. The lowest BCUT2D eigenvalue weighted by Crippen LogP contribution is -2.40. The molecule has 1 N–H and O–H groups in total. The topological polar surface area (TPSA) is 57.6 Å². The van der Waals surface area contributed by atoms with E-state index in [-0.39, 0.29) is 29.6 Å². The van der Waals surface area contributed by atoms with E-state index in [1.807, 2.05) is 0 Å². The Kier molecular flexibility index (Phi) is 4.32. The molecule has 1 spiro atoms. The van der Waals surface area contributed by atoms with Gasteiger partial charge in [-0.05, 0) is 42.2 Å². The van der Waals surface area contributed by atoms with Crippen molar-refractivity contribution in [1.29, 1.82) is 0 Å². The van der Waals surface area contributed by atoms with Gasteiger partial charge in [0, 0.05) is 25.6 Å². The minimum Gasteiger partial charge on any atom is -0.481 e. The number of hydrogen-bond acceptors (Lipinski definition) is 2. The lowest BCUT2D eigenvalue weighted by atomic mass is 9.90. The summed E-state index contributed by atoms with van der Waals surface area (Å²) >= 11 is 0. The van der Waals surface area contributed by atoms with Gasteiger partial charge in [0.05, 0.1) is 5.92 Å². The average molecular weight is 337 g/mol. The molecule has 0 aromatic heterocycles. The molecule has 130 valence electrons. The van der Waals surface area contributed by atoms with Gasteiger partial charge >= 0.3 is 5.97 Å². The van der Waals surface area contributed by atoms with E-state index < -0.39 is 17.6 Å². The monoisotopic (exact) mass is 337 g/mol. The van der Waals surface area contributed by atoms with Crippen molar-refractivity contribution in [2.45, 2.75) is 38.5 Å². The predicted octanol–water partition coefficient (Wildman–Crippen LogP) is 3.17. The van der Waals surface area contributed by atoms with E-state index in [1.165, 1.54) is 12.1 Å². The summed E-state index contributed by atoms with van der Waals surface area (Å²) in [5, 5.41) is 9.09. The van der Waals surface area contributed by atoms with Crippen LogP contribution in [-0.4, -0.2) is 35.0 Å². The van der Waals surface area contributed by atoms with Crippen LogP contribution in [0.1, 0.15) is 44.1 Å². The molecular formula is C18H21F2NO3. The predicted molar refractivity (Wildman–Crippen MR) is 83.4 cm³/mol. The van der Waals surface area contributed by atoms with Crippen LogP contribution in [0, 0.1) is 23.0 Å². The number of carboxylic acid groups (broad SMARTS) is 1. The molecule has 0 bridgehead atoms. The molecule has 1 saturated heterocycles. The van der Waals surface area contributed by atoms with Gasteiger partial charge in [-0.2, -0.15) is 0 Å². The number of aliphatic carboxylic acids is 1. The van der Waals surface area contributed by atoms with E-state index in [2.05, 4.69) is 0 Å². The number of carboxylic acids is 1. The van der Waals surface area contributed by atoms with Gasteiger partial charge in [0.1, 0.15) is 11.6 Å². The van der Waals surface area contributed by atoms with Gasteiger partial charge in [-0.3, -0.25) is 9.59 Å². The lowest BCUT2D eigenvalue weighted by molar-refractivity contribution is -0.139. The number of rotatable bonds is 4. The standard InChI is InChI=1S/C18H21F2NO3/c1-11(13-3-2-12(19)9-15(13)20)8-16(22)21-6-4-18(5-7-21)10-14(18)17(23)24/h2-3,9,11,14H,4-8,10H2,1H3,(H,23,24). The molecule has 2 aliphatic rings. The fraction of sp³-hybridized carbons (Fsp3) is 0.556. The summed E-state index contributed by atoms with van der Waals surface area (Å²) < 4.78 is 26.8. The number of halogens is 2. The van der Waals surface area contributed by atoms with Gasteiger partial charge in [-0.15, -0.1) is 0 Å². The van der Waals surface area contributed by atoms with E-state index in [0.29, 0.717) is 25.1 Å². The Morgan fingerprint density at radius 1 is 1.33 bits per heavy atom. The molecule has 1 aliphatic carbocycles. The van der Waals surface area contributed by atoms with Crippen LogP contribution in [0.25, 0.3) is 0 Å². The molecule has 1 aromatic rings. The van der Waals surface area contributed by atoms with Crippen LogP contribution in [0.3, 0.4) is 0 Å². The van der Waals surface area contributed by atoms with Crippen molar-refractivity contribution in [2.75, 3.05) is 13.1 Å². The third-order valence-corrected chi connectivity index (χ3v) is 5.57. The smallest absolute Gasteiger partial charge is 0.307 e. The Morgan fingerprint density at radius 3 is 2.54 bits per heavy atom. The SMILES string of the molecule is CC(CC(=O)N1CCC2(CC1)CC2C(=O)O)c1ccc(F)cc1F. The Bertz CT molecular complexity index is 668. The highest BCUT2D eigenvalue weighted by molar-refractivity contribution is 5.78. The molecule has 1 heterocycles. The summed E-state index contributed by atoms with van der Waals surface area (Å²) in [4.78, 5) is 25.2. The van der Waals surface area contributed by atoms with E-state index in [0.717, 1.165) is 18.9 Å². The minimum atomic E-state index is -0.741. The van der Waals surface area contributed by atoms with Crippen LogP contribution >= 0.6 is 0 Å². The number of carbonyl (C=O) groups excluding carboxylic acids is 1. The van der Waals surface area contributed by atoms with Crippen molar-refractivity contribution in [3.05, 3.63) is 35.4 Å². The van der Waals surface area contributed by atoms with Gasteiger partial charge in [0.15, 0.2) is 0 Å². The zero-order chi connectivity index (χ0) is 17.5. The van der Waals surface area contributed by atoms with E-state index in [1.54, 1.807) is 11.8 Å². The first-order chi connectivity index (χ1) is 11.3. The maximum atomic E-state index is 13.8. The van der Waals surface area contributed by atoms with Crippen molar-refractivity contribution in [3.8, 4) is 0 Å². The Morgan fingerprint density at radius 2 is 2.00 bits per heavy atom. The largest absolute Gasteiger partial charge is 0.481 e. The molecule has 1 aliphatic heterocycles. The summed E-state index contributed by atoms with van der Waals surface area (Å²) in [7, 11) is 0. The molecule has 6 heteroatoms. The van der Waals surface area contributed by atoms with Gasteiger partial charge in [0.2, 0.25) is 5.91 Å². The number of piperidine rings is 1. The molecular weight excluding hydrogens is 316 g/mol. The first-order valence-electron chi connectivity index (χ1n) is 8.28. The highest BCUT2D eigenvalue weighted by Crippen LogP contribution is 2.59. The van der Waals surface area contributed by atoms with Crippen molar-refractivity contribution >= 4 is 11.9 Å². The Hall–Kier alpha value is -1.98. The van der Waals surface area contributed by atoms with E-state index in [4.69, 9.17) is 5.11 Å². The fourth-order valence-electron chi connectivity index (χ4n) is 3.85. The van der Waals surface area contributed by atoms with Crippen LogP contribution in [0.5, 0.6) is 0 Å². The number of amides is 1. The second-order valence-electron chi connectivity index (χ2n) is 7.11. The Labute approximate surface area is 139 Å². The zero-order valence-corrected chi connectivity index (χ0v) is 13.6. The normalized spacial score (nSPS) is 23.1. The molecule has 4 nitrogen and oxygen atoms in total. The molecule has 24 heavy (non-hydrogen) atoms. The molecule has 2 atom stereocenters. The van der Waals surface area contributed by atoms with Crippen molar-refractivity contribution < 1.29 is 23.5 Å². The quantitative estimate of drug-likeness (QED) is 0.918. The molecule has 2 fully saturated rings. The van der Waals surface area contributed by atoms with Crippen LogP contribution in [0.15, 0.2) is 18.2 Å². The number of likely N-dealkylation sites (tertiary alicyclic amines) is 1. The second kappa shape index (κ2) is 6.15. The number of carbonyl (C=O) groups is 2. The third kappa shape index (κ3) is 3.14. The molecule has 0 radical (unpaired) electrons. The van der Waals surface area contributed by atoms with Gasteiger partial charge in [0.25, 0.3) is 0 Å². The number of benzene rings is 1. The van der Waals surface area contributed by atoms with Gasteiger partial charge in [-0.1, -0.05) is 13.0 Å². The summed E-state index contributed by atoms with van der Waals surface area (Å²) in [6.07, 6.45) is 2.31. The molecule has 2 unspecified atom stereocenters. The van der Waals surface area contributed by atoms with Crippen molar-refractivity contribution in [3.63, 3.8) is 0 Å². The second-order valence-corrected chi connectivity index (χ2v) is 7.11. The molecule has 1 amide bonds. The first kappa shape index (κ1) is 16.9. The summed E-state index contributed by atoms with van der Waals surface area (Å²) in [6.45, 7) is 2.86. The highest BCUT2D eigenvalue weighted by atomic mass is 19.1. The fourth-order valence-corrected chi connectivity index (χ4v) is 3.85. The molecule has 1 saturated carbocycles. The minimum absolute atomic E-state index is 0.0615. The summed E-state index contributed by atoms with van der Waals surface area (Å²) in [5.74, 6) is -2.66. The van der Waals surface area contributed by atoms with Crippen LogP contribution in [-0.2, 0) is 9.59 Å². The number of nitrogens with zero attached hydrogens (tertiary/aromatic N) is 1. The third-order valence-electron chi connectivity index (χ3n) is 5.57. The average Bonchev–Trinajstić information content (AvgIpc) is 3.21. The summed E-state index contributed by atoms with van der Waals surface area (Å²) in [5.41, 5.74) is 0.225. The van der Waals surface area contributed by atoms with E-state index >= 15 is 0 Å². The van der Waals surface area contributed by atoms with Crippen LogP contribution in [0.2, 0.25) is 0 Å². The maximum Gasteiger partial charge on any atom is 0.307 e. The number of hydrogen-bond donors (Lipinski definition) is 1.